The molecule has 2 heterocycles. The number of hydrogen-bond donors (Lipinski definition) is 6. The van der Waals surface area contributed by atoms with Gasteiger partial charge in [-0.05, 0) is 13.3 Å². The predicted octanol–water partition coefficient (Wildman–Crippen LogP) is -0.985. The molecule has 0 aromatic carbocycles. The van der Waals surface area contributed by atoms with E-state index in [1.165, 1.54) is 19.3 Å². The Morgan fingerprint density at radius 3 is 2.13 bits per heavy atom. The SMILES string of the molecule is CCCCCCCCO[C@@H]1O[C@@H](C)[C@H](O[C@@H]2O[C@@H](C(O)CO)[C@H](O)[C@H]2O)[C@@H](O)[C@H]1O. The minimum atomic E-state index is -1.51. The van der Waals surface area contributed by atoms with Crippen molar-refractivity contribution < 1.29 is 49.6 Å². The van der Waals surface area contributed by atoms with E-state index in [0.29, 0.717) is 6.61 Å². The van der Waals surface area contributed by atoms with Crippen molar-refractivity contribution in [2.45, 2.75) is 114 Å². The molecular weight excluding hydrogens is 400 g/mol. The van der Waals surface area contributed by atoms with E-state index >= 15 is 0 Å². The fraction of sp³-hybridized carbons (Fsp3) is 1.00. The van der Waals surface area contributed by atoms with E-state index in [9.17, 15) is 25.5 Å². The monoisotopic (exact) mass is 438 g/mol. The quantitative estimate of drug-likeness (QED) is 0.209. The third-order valence-electron chi connectivity index (χ3n) is 5.67. The summed E-state index contributed by atoms with van der Waals surface area (Å²) in [4.78, 5) is 0. The average Bonchev–Trinajstić information content (AvgIpc) is 3.01. The highest BCUT2D eigenvalue weighted by Crippen LogP contribution is 2.30. The lowest BCUT2D eigenvalue weighted by atomic mass is 9.99. The van der Waals surface area contributed by atoms with E-state index in [-0.39, 0.29) is 0 Å². The normalized spacial score (nSPS) is 40.6. The molecular formula is C20H38O10. The summed E-state index contributed by atoms with van der Waals surface area (Å²) >= 11 is 0. The minimum Gasteiger partial charge on any atom is -0.394 e. The van der Waals surface area contributed by atoms with Crippen molar-refractivity contribution in [3.05, 3.63) is 0 Å². The van der Waals surface area contributed by atoms with Crippen LogP contribution in [0.1, 0.15) is 52.4 Å². The Balaban J connectivity index is 1.82. The number of aliphatic hydroxyl groups is 6. The van der Waals surface area contributed by atoms with Crippen molar-refractivity contribution in [2.75, 3.05) is 13.2 Å². The summed E-state index contributed by atoms with van der Waals surface area (Å²) in [5, 5.41) is 59.7. The Morgan fingerprint density at radius 2 is 1.47 bits per heavy atom. The second-order valence-corrected chi connectivity index (χ2v) is 8.13. The summed E-state index contributed by atoms with van der Waals surface area (Å²) in [6.45, 7) is 3.52. The van der Waals surface area contributed by atoms with Gasteiger partial charge in [0.2, 0.25) is 0 Å². The van der Waals surface area contributed by atoms with Gasteiger partial charge in [0.1, 0.15) is 42.7 Å². The molecule has 0 saturated carbocycles. The van der Waals surface area contributed by atoms with Gasteiger partial charge in [0, 0.05) is 6.61 Å². The third kappa shape index (κ3) is 6.55. The van der Waals surface area contributed by atoms with Gasteiger partial charge in [-0.3, -0.25) is 0 Å². The molecule has 0 bridgehead atoms. The molecule has 2 fully saturated rings. The van der Waals surface area contributed by atoms with E-state index < -0.39 is 68.0 Å². The van der Waals surface area contributed by atoms with Crippen LogP contribution in [0, 0.1) is 0 Å². The summed E-state index contributed by atoms with van der Waals surface area (Å²) in [6.07, 6.45) is -5.96. The fourth-order valence-corrected chi connectivity index (χ4v) is 3.77. The molecule has 6 N–H and O–H groups in total. The Kier molecular flexibility index (Phi) is 10.9. The van der Waals surface area contributed by atoms with E-state index in [2.05, 4.69) is 6.92 Å². The zero-order valence-corrected chi connectivity index (χ0v) is 17.7. The molecule has 2 aliphatic rings. The van der Waals surface area contributed by atoms with Crippen LogP contribution in [0.25, 0.3) is 0 Å². The first-order valence-electron chi connectivity index (χ1n) is 10.9. The zero-order chi connectivity index (χ0) is 22.3. The average molecular weight is 439 g/mol. The van der Waals surface area contributed by atoms with Crippen molar-refractivity contribution in [2.24, 2.45) is 0 Å². The van der Waals surface area contributed by atoms with Crippen molar-refractivity contribution in [1.29, 1.82) is 0 Å². The highest BCUT2D eigenvalue weighted by molar-refractivity contribution is 4.94. The molecule has 0 aromatic rings. The van der Waals surface area contributed by atoms with Crippen LogP contribution in [0.4, 0.5) is 0 Å². The third-order valence-corrected chi connectivity index (χ3v) is 5.67. The Morgan fingerprint density at radius 1 is 0.833 bits per heavy atom. The van der Waals surface area contributed by atoms with Gasteiger partial charge in [-0.15, -0.1) is 0 Å². The van der Waals surface area contributed by atoms with Gasteiger partial charge in [0.15, 0.2) is 12.6 Å². The molecule has 0 amide bonds. The molecule has 0 aliphatic carbocycles. The first-order valence-corrected chi connectivity index (χ1v) is 10.9. The van der Waals surface area contributed by atoms with Crippen LogP contribution in [0.3, 0.4) is 0 Å². The van der Waals surface area contributed by atoms with Gasteiger partial charge in [-0.2, -0.15) is 0 Å². The molecule has 2 aliphatic heterocycles. The molecule has 178 valence electrons. The first-order chi connectivity index (χ1) is 14.3. The van der Waals surface area contributed by atoms with Gasteiger partial charge < -0.3 is 49.6 Å². The van der Waals surface area contributed by atoms with E-state index in [1.54, 1.807) is 6.92 Å². The lowest BCUT2D eigenvalue weighted by molar-refractivity contribution is -0.324. The highest BCUT2D eigenvalue weighted by atomic mass is 16.7. The molecule has 2 saturated heterocycles. The lowest BCUT2D eigenvalue weighted by Gasteiger charge is -2.42. The molecule has 10 nitrogen and oxygen atoms in total. The molecule has 30 heavy (non-hydrogen) atoms. The van der Waals surface area contributed by atoms with Crippen LogP contribution < -0.4 is 0 Å². The number of unbranched alkanes of at least 4 members (excludes halogenated alkanes) is 5. The van der Waals surface area contributed by atoms with Crippen molar-refractivity contribution >= 4 is 0 Å². The van der Waals surface area contributed by atoms with Gasteiger partial charge >= 0.3 is 0 Å². The van der Waals surface area contributed by atoms with Gasteiger partial charge in [0.25, 0.3) is 0 Å². The van der Waals surface area contributed by atoms with Crippen LogP contribution in [0.5, 0.6) is 0 Å². The Hall–Kier alpha value is -0.400. The van der Waals surface area contributed by atoms with Crippen LogP contribution in [0.2, 0.25) is 0 Å². The summed E-state index contributed by atoms with van der Waals surface area (Å²) in [5.41, 5.74) is 0. The maximum atomic E-state index is 10.5. The van der Waals surface area contributed by atoms with Crippen molar-refractivity contribution in [3.8, 4) is 0 Å². The molecule has 10 atom stereocenters. The van der Waals surface area contributed by atoms with E-state index in [4.69, 9.17) is 24.1 Å². The molecule has 10 heteroatoms. The van der Waals surface area contributed by atoms with Crippen LogP contribution in [0.15, 0.2) is 0 Å². The molecule has 2 rings (SSSR count). The van der Waals surface area contributed by atoms with Crippen molar-refractivity contribution in [3.63, 3.8) is 0 Å². The second-order valence-electron chi connectivity index (χ2n) is 8.13. The smallest absolute Gasteiger partial charge is 0.187 e. The number of aliphatic hydroxyl groups excluding tert-OH is 6. The zero-order valence-electron chi connectivity index (χ0n) is 17.7. The summed E-state index contributed by atoms with van der Waals surface area (Å²) in [5.74, 6) is 0. The lowest BCUT2D eigenvalue weighted by Crippen LogP contribution is -2.59. The summed E-state index contributed by atoms with van der Waals surface area (Å²) in [6, 6.07) is 0. The number of hydrogen-bond acceptors (Lipinski definition) is 10. The van der Waals surface area contributed by atoms with Crippen molar-refractivity contribution in [1.82, 2.24) is 0 Å². The topological polar surface area (TPSA) is 158 Å². The first kappa shape index (κ1) is 25.9. The number of rotatable bonds is 12. The maximum absolute atomic E-state index is 10.5. The largest absolute Gasteiger partial charge is 0.394 e. The fourth-order valence-electron chi connectivity index (χ4n) is 3.77. The minimum absolute atomic E-state index is 0.399. The standard InChI is InChI=1S/C20H38O10/c1-3-4-5-6-7-8-9-27-19-15(25)13(23)17(11(2)28-19)29-20-16(26)14(24)18(30-20)12(22)10-21/h11-26H,3-10H2,1-2H3/t11-,12?,13-,14+,15+,16+,17-,18-,19+,20+/m0/s1. The predicted molar refractivity (Wildman–Crippen MR) is 104 cm³/mol. The van der Waals surface area contributed by atoms with Crippen LogP contribution >= 0.6 is 0 Å². The second kappa shape index (κ2) is 12.6. The maximum Gasteiger partial charge on any atom is 0.187 e. The summed E-state index contributed by atoms with van der Waals surface area (Å²) in [7, 11) is 0. The van der Waals surface area contributed by atoms with E-state index in [1.807, 2.05) is 0 Å². The van der Waals surface area contributed by atoms with Gasteiger partial charge in [-0.25, -0.2) is 0 Å². The van der Waals surface area contributed by atoms with Gasteiger partial charge in [-0.1, -0.05) is 39.0 Å². The summed E-state index contributed by atoms with van der Waals surface area (Å²) < 4.78 is 22.1. The molecule has 0 radical (unpaired) electrons. The molecule has 1 unspecified atom stereocenters. The van der Waals surface area contributed by atoms with E-state index in [0.717, 1.165) is 19.3 Å². The Labute approximate surface area is 177 Å². The van der Waals surface area contributed by atoms with Crippen LogP contribution in [-0.2, 0) is 18.9 Å². The van der Waals surface area contributed by atoms with Crippen LogP contribution in [-0.4, -0.2) is 105 Å². The highest BCUT2D eigenvalue weighted by Gasteiger charge is 2.51. The molecule has 0 aromatic heterocycles. The number of ether oxygens (including phenoxy) is 4. The van der Waals surface area contributed by atoms with Gasteiger partial charge in [0.05, 0.1) is 12.7 Å². The molecule has 0 spiro atoms. The Bertz CT molecular complexity index is 481.